The molecule has 0 spiro atoms. The van der Waals surface area contributed by atoms with Crippen molar-refractivity contribution in [3.05, 3.63) is 81.8 Å². The number of hydrogen-bond acceptors (Lipinski definition) is 6. The molecular formula is C25H26N4O3S. The number of carbonyl (C=O) groups excluding carboxylic acids is 2. The van der Waals surface area contributed by atoms with E-state index in [0.29, 0.717) is 26.2 Å². The quantitative estimate of drug-likeness (QED) is 0.502. The number of ether oxygens (including phenoxy) is 1. The van der Waals surface area contributed by atoms with Crippen LogP contribution in [0.3, 0.4) is 0 Å². The van der Waals surface area contributed by atoms with Gasteiger partial charge in [-0.25, -0.2) is 4.98 Å². The lowest BCUT2D eigenvalue weighted by atomic mass is 10.1. The van der Waals surface area contributed by atoms with Gasteiger partial charge < -0.3 is 20.3 Å². The van der Waals surface area contributed by atoms with E-state index < -0.39 is 0 Å². The van der Waals surface area contributed by atoms with Crippen molar-refractivity contribution in [1.29, 1.82) is 0 Å². The van der Waals surface area contributed by atoms with E-state index in [4.69, 9.17) is 4.74 Å². The van der Waals surface area contributed by atoms with Crippen molar-refractivity contribution < 1.29 is 14.3 Å². The number of amides is 2. The Hall–Kier alpha value is -3.65. The first kappa shape index (κ1) is 22.5. The number of piperazine rings is 1. The molecule has 0 unspecified atom stereocenters. The third-order valence-corrected chi connectivity index (χ3v) is 5.99. The van der Waals surface area contributed by atoms with E-state index in [2.05, 4.69) is 15.6 Å². The maximum Gasteiger partial charge on any atom is 0.244 e. The molecule has 33 heavy (non-hydrogen) atoms. The van der Waals surface area contributed by atoms with Crippen LogP contribution in [0.2, 0.25) is 0 Å². The minimum atomic E-state index is -0.161. The normalized spacial score (nSPS) is 13.7. The molecule has 0 bridgehead atoms. The summed E-state index contributed by atoms with van der Waals surface area (Å²) in [6, 6.07) is 15.5. The third kappa shape index (κ3) is 6.66. The molecule has 170 valence electrons. The van der Waals surface area contributed by atoms with Gasteiger partial charge in [0.25, 0.3) is 0 Å². The van der Waals surface area contributed by atoms with E-state index in [1.54, 1.807) is 17.4 Å². The fourth-order valence-corrected chi connectivity index (χ4v) is 4.01. The van der Waals surface area contributed by atoms with Gasteiger partial charge in [-0.3, -0.25) is 9.59 Å². The van der Waals surface area contributed by atoms with Crippen LogP contribution in [0.5, 0.6) is 5.75 Å². The van der Waals surface area contributed by atoms with Gasteiger partial charge in [-0.15, -0.1) is 11.3 Å². The largest absolute Gasteiger partial charge is 0.487 e. The minimum absolute atomic E-state index is 0.0391. The molecule has 2 amide bonds. The summed E-state index contributed by atoms with van der Waals surface area (Å²) < 4.78 is 5.74. The molecule has 0 saturated carbocycles. The Labute approximate surface area is 197 Å². The van der Waals surface area contributed by atoms with Gasteiger partial charge in [0.15, 0.2) is 0 Å². The number of benzene rings is 2. The zero-order chi connectivity index (χ0) is 23.0. The predicted octanol–water partition coefficient (Wildman–Crippen LogP) is 3.30. The number of nitrogens with zero attached hydrogens (tertiary/aromatic N) is 2. The molecule has 1 saturated heterocycles. The summed E-state index contributed by atoms with van der Waals surface area (Å²) in [7, 11) is 0. The molecule has 3 aromatic rings. The first-order valence-corrected chi connectivity index (χ1v) is 11.6. The number of hydrogen-bond donors (Lipinski definition) is 2. The number of anilines is 1. The van der Waals surface area contributed by atoms with Gasteiger partial charge in [0.05, 0.1) is 17.2 Å². The lowest BCUT2D eigenvalue weighted by Crippen LogP contribution is -2.47. The monoisotopic (exact) mass is 462 g/mol. The maximum absolute atomic E-state index is 12.2. The van der Waals surface area contributed by atoms with E-state index in [9.17, 15) is 9.59 Å². The standard InChI is InChI=1S/C25H26N4O3S/c1-18-28-21(17-33-18)16-32-23-9-4-19(5-10-23)6-11-24(30)27-14-20-2-7-22(8-3-20)29-13-12-26-25(31)15-29/h2-11,17H,12-16H2,1H3,(H,26,31)(H,27,30)/b11-6+. The smallest absolute Gasteiger partial charge is 0.244 e. The molecule has 2 N–H and O–H groups in total. The van der Waals surface area contributed by atoms with Crippen molar-refractivity contribution in [2.75, 3.05) is 24.5 Å². The number of aryl methyl sites for hydroxylation is 1. The number of rotatable bonds is 8. The van der Waals surface area contributed by atoms with Gasteiger partial charge >= 0.3 is 0 Å². The van der Waals surface area contributed by atoms with Gasteiger partial charge in [-0.2, -0.15) is 0 Å². The first-order chi connectivity index (χ1) is 16.0. The van der Waals surface area contributed by atoms with Crippen molar-refractivity contribution in [3.63, 3.8) is 0 Å². The highest BCUT2D eigenvalue weighted by Gasteiger charge is 2.16. The van der Waals surface area contributed by atoms with Crippen LogP contribution in [0.15, 0.2) is 60.0 Å². The fourth-order valence-electron chi connectivity index (χ4n) is 3.41. The molecule has 0 atom stereocenters. The zero-order valence-corrected chi connectivity index (χ0v) is 19.2. The maximum atomic E-state index is 12.2. The van der Waals surface area contributed by atoms with E-state index in [0.717, 1.165) is 39.8 Å². The Balaban J connectivity index is 1.22. The Kier molecular flexibility index (Phi) is 7.36. The van der Waals surface area contributed by atoms with E-state index in [-0.39, 0.29) is 11.8 Å². The number of thiazole rings is 1. The fraction of sp³-hybridized carbons (Fsp3) is 0.240. The molecule has 7 nitrogen and oxygen atoms in total. The predicted molar refractivity (Wildman–Crippen MR) is 130 cm³/mol. The average molecular weight is 463 g/mol. The highest BCUT2D eigenvalue weighted by Crippen LogP contribution is 2.17. The second kappa shape index (κ2) is 10.8. The second-order valence-electron chi connectivity index (χ2n) is 7.70. The van der Waals surface area contributed by atoms with Gasteiger partial charge in [0, 0.05) is 36.8 Å². The SMILES string of the molecule is Cc1nc(COc2ccc(/C=C/C(=O)NCc3ccc(N4CCNC(=O)C4)cc3)cc2)cs1. The first-order valence-electron chi connectivity index (χ1n) is 10.8. The van der Waals surface area contributed by atoms with Crippen LogP contribution >= 0.6 is 11.3 Å². The van der Waals surface area contributed by atoms with Crippen LogP contribution in [0.25, 0.3) is 6.08 Å². The molecule has 2 aromatic carbocycles. The van der Waals surface area contributed by atoms with Crippen LogP contribution in [0, 0.1) is 6.92 Å². The summed E-state index contributed by atoms with van der Waals surface area (Å²) in [6.45, 7) is 4.68. The lowest BCUT2D eigenvalue weighted by molar-refractivity contribution is -0.120. The summed E-state index contributed by atoms with van der Waals surface area (Å²) in [4.78, 5) is 30.2. The molecule has 4 rings (SSSR count). The van der Waals surface area contributed by atoms with Gasteiger partial charge in [0.2, 0.25) is 11.8 Å². The van der Waals surface area contributed by atoms with Crippen molar-refractivity contribution in [1.82, 2.24) is 15.6 Å². The molecule has 0 aliphatic carbocycles. The van der Waals surface area contributed by atoms with Crippen molar-refractivity contribution in [2.24, 2.45) is 0 Å². The zero-order valence-electron chi connectivity index (χ0n) is 18.4. The van der Waals surface area contributed by atoms with Crippen LogP contribution in [0.1, 0.15) is 21.8 Å². The van der Waals surface area contributed by atoms with Gasteiger partial charge in [0.1, 0.15) is 12.4 Å². The summed E-state index contributed by atoms with van der Waals surface area (Å²) >= 11 is 1.61. The van der Waals surface area contributed by atoms with Crippen molar-refractivity contribution in [2.45, 2.75) is 20.1 Å². The summed E-state index contributed by atoms with van der Waals surface area (Å²) in [5.74, 6) is 0.638. The summed E-state index contributed by atoms with van der Waals surface area (Å²) in [5.41, 5.74) is 3.84. The highest BCUT2D eigenvalue weighted by molar-refractivity contribution is 7.09. The highest BCUT2D eigenvalue weighted by atomic mass is 32.1. The molecule has 2 heterocycles. The second-order valence-corrected chi connectivity index (χ2v) is 8.77. The molecule has 1 aliphatic rings. The Morgan fingerprint density at radius 2 is 2.00 bits per heavy atom. The average Bonchev–Trinajstić information content (AvgIpc) is 3.26. The van der Waals surface area contributed by atoms with Crippen LogP contribution in [-0.4, -0.2) is 36.4 Å². The van der Waals surface area contributed by atoms with E-state index in [1.807, 2.05) is 65.7 Å². The molecule has 0 radical (unpaired) electrons. The van der Waals surface area contributed by atoms with Crippen LogP contribution in [-0.2, 0) is 22.7 Å². The molecule has 1 aliphatic heterocycles. The molecular weight excluding hydrogens is 436 g/mol. The third-order valence-electron chi connectivity index (χ3n) is 5.17. The minimum Gasteiger partial charge on any atom is -0.487 e. The Bertz CT molecular complexity index is 1120. The van der Waals surface area contributed by atoms with E-state index in [1.165, 1.54) is 6.08 Å². The Morgan fingerprint density at radius 1 is 1.21 bits per heavy atom. The molecule has 1 fully saturated rings. The lowest BCUT2D eigenvalue weighted by Gasteiger charge is -2.28. The van der Waals surface area contributed by atoms with Crippen molar-refractivity contribution >= 4 is 34.9 Å². The number of carbonyl (C=O) groups is 2. The summed E-state index contributed by atoms with van der Waals surface area (Å²) in [5, 5.41) is 8.73. The molecule has 1 aromatic heterocycles. The van der Waals surface area contributed by atoms with Crippen LogP contribution in [0.4, 0.5) is 5.69 Å². The van der Waals surface area contributed by atoms with Crippen LogP contribution < -0.4 is 20.3 Å². The molecule has 8 heteroatoms. The number of aromatic nitrogens is 1. The van der Waals surface area contributed by atoms with Crippen molar-refractivity contribution in [3.8, 4) is 5.75 Å². The number of nitrogens with one attached hydrogen (secondary N) is 2. The summed E-state index contributed by atoms with van der Waals surface area (Å²) in [6.07, 6.45) is 3.29. The van der Waals surface area contributed by atoms with Gasteiger partial charge in [-0.1, -0.05) is 24.3 Å². The van der Waals surface area contributed by atoms with E-state index >= 15 is 0 Å². The Morgan fingerprint density at radius 3 is 2.70 bits per heavy atom. The van der Waals surface area contributed by atoms with Gasteiger partial charge in [-0.05, 0) is 48.4 Å². The topological polar surface area (TPSA) is 83.6 Å².